The molecule has 7 heteroatoms. The van der Waals surface area contributed by atoms with E-state index in [-0.39, 0.29) is 24.8 Å². The van der Waals surface area contributed by atoms with Gasteiger partial charge in [0.2, 0.25) is 0 Å². The van der Waals surface area contributed by atoms with E-state index in [0.717, 1.165) is 16.9 Å². The molecule has 0 saturated heterocycles. The maximum absolute atomic E-state index is 13.2. The van der Waals surface area contributed by atoms with E-state index in [2.05, 4.69) is 6.58 Å². The van der Waals surface area contributed by atoms with E-state index in [1.165, 1.54) is 0 Å². The van der Waals surface area contributed by atoms with Crippen LogP contribution >= 0.6 is 0 Å². The third-order valence-electron chi connectivity index (χ3n) is 5.03. The number of ether oxygens (including phenoxy) is 1. The Labute approximate surface area is 175 Å². The number of carbonyl (C=O) groups is 2. The van der Waals surface area contributed by atoms with Gasteiger partial charge in [0.05, 0.1) is 29.8 Å². The van der Waals surface area contributed by atoms with Crippen LogP contribution in [-0.4, -0.2) is 53.4 Å². The van der Waals surface area contributed by atoms with Crippen LogP contribution in [0.3, 0.4) is 0 Å². The number of rotatable bonds is 7. The number of anilines is 1. The quantitative estimate of drug-likeness (QED) is 0.447. The Hall–Kier alpha value is -3.45. The minimum atomic E-state index is -0.152. The first kappa shape index (κ1) is 19.8. The van der Waals surface area contributed by atoms with Gasteiger partial charge in [0.15, 0.2) is 12.4 Å². The van der Waals surface area contributed by atoms with Gasteiger partial charge in [0.25, 0.3) is 5.91 Å². The zero-order valence-electron chi connectivity index (χ0n) is 17.2. The summed E-state index contributed by atoms with van der Waals surface area (Å²) in [6, 6.07) is 13.0. The predicted octanol–water partition coefficient (Wildman–Crippen LogP) is 2.89. The van der Waals surface area contributed by atoms with Crippen LogP contribution in [0.5, 0.6) is 5.75 Å². The van der Waals surface area contributed by atoms with Gasteiger partial charge >= 0.3 is 0 Å². The van der Waals surface area contributed by atoms with E-state index < -0.39 is 0 Å². The Kier molecular flexibility index (Phi) is 5.37. The Morgan fingerprint density at radius 3 is 2.83 bits per heavy atom. The monoisotopic (exact) mass is 404 g/mol. The highest BCUT2D eigenvalue weighted by molar-refractivity contribution is 6.02. The van der Waals surface area contributed by atoms with Gasteiger partial charge in [-0.1, -0.05) is 18.2 Å². The van der Waals surface area contributed by atoms with Crippen LogP contribution in [0.1, 0.15) is 16.2 Å². The van der Waals surface area contributed by atoms with Gasteiger partial charge in [0.1, 0.15) is 11.6 Å². The largest absolute Gasteiger partial charge is 0.482 e. The molecule has 0 bridgehead atoms. The number of carbonyl (C=O) groups excluding carboxylic acids is 2. The number of nitrogens with zero attached hydrogens (tertiary/aromatic N) is 4. The second-order valence-electron chi connectivity index (χ2n) is 7.53. The molecule has 4 rings (SSSR count). The SMILES string of the molecule is C=CCN1C(=O)COc2ccc(C(=O)Cn3c(CN(C)C)nc4ccccc43)cc21. The number of aromatic nitrogens is 2. The van der Waals surface area contributed by atoms with Crippen molar-refractivity contribution in [3.63, 3.8) is 0 Å². The molecule has 1 aliphatic heterocycles. The summed E-state index contributed by atoms with van der Waals surface area (Å²) in [6.07, 6.45) is 1.66. The fraction of sp³-hybridized carbons (Fsp3) is 0.261. The van der Waals surface area contributed by atoms with Crippen LogP contribution in [0.2, 0.25) is 0 Å². The molecule has 30 heavy (non-hydrogen) atoms. The molecule has 2 aromatic carbocycles. The van der Waals surface area contributed by atoms with Gasteiger partial charge in [0, 0.05) is 12.1 Å². The lowest BCUT2D eigenvalue weighted by molar-refractivity contribution is -0.121. The van der Waals surface area contributed by atoms with Gasteiger partial charge in [-0.05, 0) is 44.4 Å². The molecule has 0 radical (unpaired) electrons. The van der Waals surface area contributed by atoms with E-state index in [1.807, 2.05) is 47.8 Å². The average Bonchev–Trinajstić information content (AvgIpc) is 3.06. The number of imidazole rings is 1. The first-order valence-electron chi connectivity index (χ1n) is 9.78. The summed E-state index contributed by atoms with van der Waals surface area (Å²) >= 11 is 0. The van der Waals surface area contributed by atoms with E-state index in [4.69, 9.17) is 9.72 Å². The highest BCUT2D eigenvalue weighted by Gasteiger charge is 2.26. The number of fused-ring (bicyclic) bond motifs is 2. The molecule has 7 nitrogen and oxygen atoms in total. The molecule has 1 amide bonds. The molecule has 3 aromatic rings. The minimum Gasteiger partial charge on any atom is -0.482 e. The fourth-order valence-electron chi connectivity index (χ4n) is 3.65. The van der Waals surface area contributed by atoms with Crippen molar-refractivity contribution in [1.82, 2.24) is 14.5 Å². The summed E-state index contributed by atoms with van der Waals surface area (Å²) in [5, 5.41) is 0. The first-order chi connectivity index (χ1) is 14.5. The van der Waals surface area contributed by atoms with Gasteiger partial charge in [-0.15, -0.1) is 6.58 Å². The standard InChI is InChI=1S/C23H24N4O3/c1-4-11-26-19-12-16(9-10-21(19)30-15-23(26)29)20(28)13-27-18-8-6-5-7-17(18)24-22(27)14-25(2)3/h4-10,12H,1,11,13-15H2,2-3H3. The van der Waals surface area contributed by atoms with Crippen LogP contribution in [0.25, 0.3) is 11.0 Å². The summed E-state index contributed by atoms with van der Waals surface area (Å²) in [6.45, 7) is 4.86. The maximum Gasteiger partial charge on any atom is 0.265 e. The van der Waals surface area contributed by atoms with E-state index in [9.17, 15) is 9.59 Å². The zero-order valence-corrected chi connectivity index (χ0v) is 17.2. The topological polar surface area (TPSA) is 67.7 Å². The molecule has 0 N–H and O–H groups in total. The number of hydrogen-bond donors (Lipinski definition) is 0. The van der Waals surface area contributed by atoms with Crippen molar-refractivity contribution in [2.45, 2.75) is 13.1 Å². The molecule has 0 atom stereocenters. The maximum atomic E-state index is 13.2. The molecule has 0 unspecified atom stereocenters. The van der Waals surface area contributed by atoms with Gasteiger partial charge in [-0.2, -0.15) is 0 Å². The fourth-order valence-corrected chi connectivity index (χ4v) is 3.65. The number of hydrogen-bond acceptors (Lipinski definition) is 5. The number of amides is 1. The molecule has 1 aliphatic rings. The van der Waals surface area contributed by atoms with E-state index in [1.54, 1.807) is 29.2 Å². The lowest BCUT2D eigenvalue weighted by Gasteiger charge is -2.28. The predicted molar refractivity (Wildman–Crippen MR) is 116 cm³/mol. The molecule has 0 fully saturated rings. The molecule has 1 aromatic heterocycles. The normalized spacial score (nSPS) is 13.4. The van der Waals surface area contributed by atoms with Crippen molar-refractivity contribution < 1.29 is 14.3 Å². The second kappa shape index (κ2) is 8.12. The number of ketones is 1. The van der Waals surface area contributed by atoms with Crippen LogP contribution in [-0.2, 0) is 17.9 Å². The summed E-state index contributed by atoms with van der Waals surface area (Å²) in [5.41, 5.74) is 2.91. The highest BCUT2D eigenvalue weighted by atomic mass is 16.5. The van der Waals surface area contributed by atoms with Crippen LogP contribution < -0.4 is 9.64 Å². The Bertz CT molecular complexity index is 1130. The van der Waals surface area contributed by atoms with E-state index >= 15 is 0 Å². The molecular formula is C23H24N4O3. The number of para-hydroxylation sites is 2. The van der Waals surface area contributed by atoms with Crippen molar-refractivity contribution in [3.05, 3.63) is 66.5 Å². The van der Waals surface area contributed by atoms with Crippen LogP contribution in [0, 0.1) is 0 Å². The minimum absolute atomic E-state index is 0.0109. The third-order valence-corrected chi connectivity index (χ3v) is 5.03. The second-order valence-corrected chi connectivity index (χ2v) is 7.53. The van der Waals surface area contributed by atoms with Crippen LogP contribution in [0.4, 0.5) is 5.69 Å². The summed E-state index contributed by atoms with van der Waals surface area (Å²) in [7, 11) is 3.94. The zero-order chi connectivity index (χ0) is 21.3. The lowest BCUT2D eigenvalue weighted by Crippen LogP contribution is -2.39. The number of benzene rings is 2. The molecular weight excluding hydrogens is 380 g/mol. The molecule has 154 valence electrons. The highest BCUT2D eigenvalue weighted by Crippen LogP contribution is 2.33. The van der Waals surface area contributed by atoms with Crippen molar-refractivity contribution in [3.8, 4) is 5.75 Å². The van der Waals surface area contributed by atoms with E-state index in [0.29, 0.717) is 30.1 Å². The van der Waals surface area contributed by atoms with Crippen LogP contribution in [0.15, 0.2) is 55.1 Å². The van der Waals surface area contributed by atoms with Gasteiger partial charge in [-0.3, -0.25) is 9.59 Å². The van der Waals surface area contributed by atoms with Gasteiger partial charge < -0.3 is 19.1 Å². The lowest BCUT2D eigenvalue weighted by atomic mass is 10.1. The summed E-state index contributed by atoms with van der Waals surface area (Å²) in [4.78, 5) is 33.7. The summed E-state index contributed by atoms with van der Waals surface area (Å²) in [5.74, 6) is 1.21. The summed E-state index contributed by atoms with van der Waals surface area (Å²) < 4.78 is 7.47. The van der Waals surface area contributed by atoms with Crippen molar-refractivity contribution in [2.24, 2.45) is 0 Å². The Morgan fingerprint density at radius 1 is 1.27 bits per heavy atom. The molecule has 0 aliphatic carbocycles. The average molecular weight is 404 g/mol. The first-order valence-corrected chi connectivity index (χ1v) is 9.78. The smallest absolute Gasteiger partial charge is 0.265 e. The Balaban J connectivity index is 1.68. The van der Waals surface area contributed by atoms with Crippen molar-refractivity contribution >= 4 is 28.4 Å². The molecule has 0 saturated carbocycles. The van der Waals surface area contributed by atoms with Crippen molar-refractivity contribution in [1.29, 1.82) is 0 Å². The molecule has 2 heterocycles. The Morgan fingerprint density at radius 2 is 2.07 bits per heavy atom. The van der Waals surface area contributed by atoms with Gasteiger partial charge in [-0.25, -0.2) is 4.98 Å². The molecule has 0 spiro atoms. The van der Waals surface area contributed by atoms with Crippen molar-refractivity contribution in [2.75, 3.05) is 32.1 Å². The third kappa shape index (κ3) is 3.71. The number of Topliss-reactive ketones (excluding diaryl/α,β-unsaturated/α-hetero) is 1.